The number of methoxy groups -OCH3 is 1. The summed E-state index contributed by atoms with van der Waals surface area (Å²) in [6, 6.07) is 10.2. The van der Waals surface area contributed by atoms with Crippen LogP contribution in [0.5, 0.6) is 11.6 Å². The highest BCUT2D eigenvalue weighted by Crippen LogP contribution is 2.26. The molecule has 140 valence electrons. The van der Waals surface area contributed by atoms with Crippen LogP contribution in [0.15, 0.2) is 41.3 Å². The molecule has 0 saturated carbocycles. The van der Waals surface area contributed by atoms with Crippen molar-refractivity contribution in [3.63, 3.8) is 0 Å². The van der Waals surface area contributed by atoms with Gasteiger partial charge in [-0.1, -0.05) is 6.07 Å². The molecule has 1 saturated heterocycles. The number of ether oxygens (including phenoxy) is 2. The fourth-order valence-corrected chi connectivity index (χ4v) is 4.40. The number of hydrogen-bond donors (Lipinski definition) is 0. The summed E-state index contributed by atoms with van der Waals surface area (Å²) in [5.74, 6) is 1.34. The summed E-state index contributed by atoms with van der Waals surface area (Å²) in [6.07, 6.45) is 1.50. The number of sulfonamides is 1. The molecule has 0 N–H and O–H groups in total. The molecule has 1 aromatic heterocycles. The first-order valence-corrected chi connectivity index (χ1v) is 10.0. The second-order valence-electron chi connectivity index (χ2n) is 6.35. The highest BCUT2D eigenvalue weighted by atomic mass is 32.2. The fraction of sp³-hybridized carbons (Fsp3) is 0.444. The van der Waals surface area contributed by atoms with Crippen molar-refractivity contribution < 1.29 is 17.9 Å². The molecule has 0 radical (unpaired) electrons. The molecule has 0 spiro atoms. The Balaban J connectivity index is 1.56. The summed E-state index contributed by atoms with van der Waals surface area (Å²) in [5, 5.41) is 7.94. The predicted octanol–water partition coefficient (Wildman–Crippen LogP) is 2.27. The average Bonchev–Trinajstić information content (AvgIpc) is 2.68. The van der Waals surface area contributed by atoms with E-state index in [0.717, 1.165) is 18.5 Å². The quantitative estimate of drug-likeness (QED) is 0.768. The van der Waals surface area contributed by atoms with Gasteiger partial charge in [0, 0.05) is 25.2 Å². The number of benzene rings is 1. The van der Waals surface area contributed by atoms with E-state index < -0.39 is 10.0 Å². The molecule has 1 aliphatic rings. The maximum absolute atomic E-state index is 12.8. The van der Waals surface area contributed by atoms with Crippen molar-refractivity contribution >= 4 is 10.0 Å². The zero-order chi connectivity index (χ0) is 18.6. The number of nitrogens with zero attached hydrogens (tertiary/aromatic N) is 3. The lowest BCUT2D eigenvalue weighted by Crippen LogP contribution is -2.39. The lowest BCUT2D eigenvalue weighted by molar-refractivity contribution is 0.180. The van der Waals surface area contributed by atoms with Crippen molar-refractivity contribution in [1.82, 2.24) is 14.5 Å². The van der Waals surface area contributed by atoms with Gasteiger partial charge < -0.3 is 9.47 Å². The summed E-state index contributed by atoms with van der Waals surface area (Å²) < 4.78 is 37.9. The van der Waals surface area contributed by atoms with Crippen LogP contribution in [0, 0.1) is 12.8 Å². The van der Waals surface area contributed by atoms with Gasteiger partial charge in [0.1, 0.15) is 5.75 Å². The zero-order valence-corrected chi connectivity index (χ0v) is 15.8. The Morgan fingerprint density at radius 1 is 1.15 bits per heavy atom. The Hall–Kier alpha value is -2.19. The minimum Gasteiger partial charge on any atom is -0.497 e. The van der Waals surface area contributed by atoms with Gasteiger partial charge in [0.25, 0.3) is 0 Å². The first-order chi connectivity index (χ1) is 12.5. The van der Waals surface area contributed by atoms with Crippen LogP contribution in [0.3, 0.4) is 0 Å². The van der Waals surface area contributed by atoms with Gasteiger partial charge in [0.05, 0.1) is 24.3 Å². The van der Waals surface area contributed by atoms with Crippen molar-refractivity contribution in [3.05, 3.63) is 42.1 Å². The molecule has 0 atom stereocenters. The third-order valence-corrected chi connectivity index (χ3v) is 6.39. The molecule has 0 unspecified atom stereocenters. The monoisotopic (exact) mass is 377 g/mol. The normalized spacial score (nSPS) is 16.4. The van der Waals surface area contributed by atoms with Crippen molar-refractivity contribution in [1.29, 1.82) is 0 Å². The summed E-state index contributed by atoms with van der Waals surface area (Å²) in [6.45, 7) is 3.35. The Morgan fingerprint density at radius 2 is 1.92 bits per heavy atom. The first kappa shape index (κ1) is 18.6. The third kappa shape index (κ3) is 4.31. The predicted molar refractivity (Wildman–Crippen MR) is 96.7 cm³/mol. The molecule has 0 aliphatic carbocycles. The standard InChI is InChI=1S/C18H23N3O4S/c1-14-6-7-18(20-19-14)25-13-15-8-10-21(11-9-15)26(22,23)17-5-3-4-16(12-17)24-2/h3-7,12,15H,8-11,13H2,1-2H3. The van der Waals surface area contributed by atoms with Crippen LogP contribution in [0.2, 0.25) is 0 Å². The molecule has 3 rings (SSSR count). The molecular formula is C18H23N3O4S. The SMILES string of the molecule is COc1cccc(S(=O)(=O)N2CCC(COc3ccc(C)nn3)CC2)c1. The van der Waals surface area contributed by atoms with Gasteiger partial charge in [-0.05, 0) is 43.9 Å². The molecule has 0 bridgehead atoms. The number of aryl methyl sites for hydroxylation is 1. The largest absolute Gasteiger partial charge is 0.497 e. The van der Waals surface area contributed by atoms with Gasteiger partial charge in [-0.25, -0.2) is 8.42 Å². The molecule has 7 nitrogen and oxygen atoms in total. The molecule has 1 aromatic carbocycles. The first-order valence-electron chi connectivity index (χ1n) is 8.56. The minimum absolute atomic E-state index is 0.265. The number of aromatic nitrogens is 2. The Bertz CT molecular complexity index is 832. The van der Waals surface area contributed by atoms with Crippen LogP contribution in [0.25, 0.3) is 0 Å². The van der Waals surface area contributed by atoms with Crippen LogP contribution in [-0.2, 0) is 10.0 Å². The van der Waals surface area contributed by atoms with Gasteiger partial charge in [-0.3, -0.25) is 0 Å². The van der Waals surface area contributed by atoms with Crippen molar-refractivity contribution in [2.24, 2.45) is 5.92 Å². The molecule has 1 aliphatic heterocycles. The van der Waals surface area contributed by atoms with Crippen LogP contribution in [0.1, 0.15) is 18.5 Å². The van der Waals surface area contributed by atoms with E-state index in [1.54, 1.807) is 30.3 Å². The third-order valence-electron chi connectivity index (χ3n) is 4.49. The topological polar surface area (TPSA) is 81.6 Å². The molecular weight excluding hydrogens is 354 g/mol. The Kier molecular flexibility index (Phi) is 5.73. The van der Waals surface area contributed by atoms with E-state index in [1.807, 2.05) is 13.0 Å². The zero-order valence-electron chi connectivity index (χ0n) is 15.0. The summed E-state index contributed by atoms with van der Waals surface area (Å²) in [4.78, 5) is 0.265. The maximum atomic E-state index is 12.8. The van der Waals surface area contributed by atoms with E-state index >= 15 is 0 Å². The van der Waals surface area contributed by atoms with E-state index in [4.69, 9.17) is 9.47 Å². The summed E-state index contributed by atoms with van der Waals surface area (Å²) >= 11 is 0. The molecule has 2 aromatic rings. The van der Waals surface area contributed by atoms with E-state index in [1.165, 1.54) is 11.4 Å². The Labute approximate surface area is 154 Å². The number of rotatable bonds is 6. The van der Waals surface area contributed by atoms with Gasteiger partial charge in [-0.15, -0.1) is 5.10 Å². The maximum Gasteiger partial charge on any atom is 0.243 e. The van der Waals surface area contributed by atoms with Gasteiger partial charge in [-0.2, -0.15) is 9.40 Å². The van der Waals surface area contributed by atoms with Crippen molar-refractivity contribution in [2.75, 3.05) is 26.8 Å². The van der Waals surface area contributed by atoms with Gasteiger partial charge in [0.15, 0.2) is 0 Å². The fourth-order valence-electron chi connectivity index (χ4n) is 2.89. The van der Waals surface area contributed by atoms with E-state index in [0.29, 0.717) is 37.2 Å². The molecule has 26 heavy (non-hydrogen) atoms. The van der Waals surface area contributed by atoms with Gasteiger partial charge in [0.2, 0.25) is 15.9 Å². The molecule has 2 heterocycles. The van der Waals surface area contributed by atoms with Crippen LogP contribution >= 0.6 is 0 Å². The summed E-state index contributed by atoms with van der Waals surface area (Å²) in [5.41, 5.74) is 0.841. The van der Waals surface area contributed by atoms with Crippen LogP contribution in [0.4, 0.5) is 0 Å². The van der Waals surface area contributed by atoms with Gasteiger partial charge >= 0.3 is 0 Å². The lowest BCUT2D eigenvalue weighted by Gasteiger charge is -2.31. The highest BCUT2D eigenvalue weighted by Gasteiger charge is 2.29. The smallest absolute Gasteiger partial charge is 0.243 e. The molecule has 1 fully saturated rings. The Morgan fingerprint density at radius 3 is 2.58 bits per heavy atom. The number of hydrogen-bond acceptors (Lipinski definition) is 6. The second-order valence-corrected chi connectivity index (χ2v) is 8.29. The highest BCUT2D eigenvalue weighted by molar-refractivity contribution is 7.89. The van der Waals surface area contributed by atoms with Crippen molar-refractivity contribution in [3.8, 4) is 11.6 Å². The van der Waals surface area contributed by atoms with E-state index in [-0.39, 0.29) is 4.90 Å². The average molecular weight is 377 g/mol. The van der Waals surface area contributed by atoms with Crippen molar-refractivity contribution in [2.45, 2.75) is 24.7 Å². The lowest BCUT2D eigenvalue weighted by atomic mass is 9.99. The van der Waals surface area contributed by atoms with Crippen LogP contribution < -0.4 is 9.47 Å². The van der Waals surface area contributed by atoms with E-state index in [2.05, 4.69) is 10.2 Å². The summed E-state index contributed by atoms with van der Waals surface area (Å²) in [7, 11) is -1.98. The molecule has 0 amide bonds. The number of piperidine rings is 1. The minimum atomic E-state index is -3.50. The van der Waals surface area contributed by atoms with E-state index in [9.17, 15) is 8.42 Å². The second kappa shape index (κ2) is 8.01. The van der Waals surface area contributed by atoms with Crippen LogP contribution in [-0.4, -0.2) is 49.7 Å². The molecule has 8 heteroatoms.